The second-order valence-electron chi connectivity index (χ2n) is 5.22. The highest BCUT2D eigenvalue weighted by molar-refractivity contribution is 6.00. The maximum atomic E-state index is 12.1. The summed E-state index contributed by atoms with van der Waals surface area (Å²) in [5, 5.41) is 6.23. The quantitative estimate of drug-likeness (QED) is 0.718. The molecule has 5 heteroatoms. The molecule has 0 saturated carbocycles. The van der Waals surface area contributed by atoms with Gasteiger partial charge < -0.3 is 21.1 Å². The molecule has 5 nitrogen and oxygen atoms in total. The average molecular weight is 277 g/mol. The third-order valence-electron chi connectivity index (χ3n) is 3.68. The normalized spacial score (nSPS) is 19.6. The number of anilines is 2. The highest BCUT2D eigenvalue weighted by Gasteiger charge is 2.23. The molecule has 0 aliphatic carbocycles. The highest BCUT2D eigenvalue weighted by atomic mass is 16.5. The molecule has 0 spiro atoms. The van der Waals surface area contributed by atoms with E-state index in [0.29, 0.717) is 23.7 Å². The summed E-state index contributed by atoms with van der Waals surface area (Å²) in [7, 11) is 0. The lowest BCUT2D eigenvalue weighted by Gasteiger charge is -2.22. The Morgan fingerprint density at radius 1 is 1.55 bits per heavy atom. The van der Waals surface area contributed by atoms with Gasteiger partial charge >= 0.3 is 0 Å². The van der Waals surface area contributed by atoms with Crippen molar-refractivity contribution in [1.82, 2.24) is 5.32 Å². The molecule has 1 aromatic rings. The average Bonchev–Trinajstić information content (AvgIpc) is 2.93. The maximum absolute atomic E-state index is 12.1. The number of amides is 1. The van der Waals surface area contributed by atoms with E-state index < -0.39 is 0 Å². The van der Waals surface area contributed by atoms with Gasteiger partial charge in [-0.15, -0.1) is 0 Å². The van der Waals surface area contributed by atoms with Crippen molar-refractivity contribution in [3.05, 3.63) is 23.8 Å². The van der Waals surface area contributed by atoms with E-state index in [2.05, 4.69) is 17.6 Å². The minimum absolute atomic E-state index is 0.0788. The van der Waals surface area contributed by atoms with Crippen molar-refractivity contribution < 1.29 is 9.53 Å². The summed E-state index contributed by atoms with van der Waals surface area (Å²) in [5.41, 5.74) is 7.90. The topological polar surface area (TPSA) is 76.4 Å². The van der Waals surface area contributed by atoms with Crippen LogP contribution in [0.3, 0.4) is 0 Å². The third kappa shape index (κ3) is 3.42. The number of rotatable bonds is 5. The van der Waals surface area contributed by atoms with Crippen molar-refractivity contribution in [1.29, 1.82) is 0 Å². The summed E-state index contributed by atoms with van der Waals surface area (Å²) < 4.78 is 5.41. The lowest BCUT2D eigenvalue weighted by Crippen LogP contribution is -2.29. The first-order valence-electron chi connectivity index (χ1n) is 7.13. The van der Waals surface area contributed by atoms with Crippen molar-refractivity contribution in [2.45, 2.75) is 26.3 Å². The molecular formula is C15H23N3O2. The van der Waals surface area contributed by atoms with Crippen LogP contribution in [0.25, 0.3) is 0 Å². The molecule has 1 saturated heterocycles. The third-order valence-corrected chi connectivity index (χ3v) is 3.68. The Labute approximate surface area is 119 Å². The number of carbonyl (C=O) groups is 1. The van der Waals surface area contributed by atoms with E-state index in [1.807, 2.05) is 13.0 Å². The number of nitrogens with two attached hydrogens (primary N) is 1. The van der Waals surface area contributed by atoms with Gasteiger partial charge in [0.2, 0.25) is 0 Å². The lowest BCUT2D eigenvalue weighted by atomic mass is 9.99. The van der Waals surface area contributed by atoms with Crippen molar-refractivity contribution >= 4 is 17.3 Å². The Balaban J connectivity index is 2.16. The van der Waals surface area contributed by atoms with Crippen LogP contribution < -0.4 is 16.4 Å². The van der Waals surface area contributed by atoms with E-state index in [1.54, 1.807) is 12.1 Å². The molecule has 1 aliphatic heterocycles. The molecule has 0 radical (unpaired) electrons. The highest BCUT2D eigenvalue weighted by Crippen LogP contribution is 2.24. The zero-order chi connectivity index (χ0) is 14.5. The van der Waals surface area contributed by atoms with Gasteiger partial charge in [-0.3, -0.25) is 4.79 Å². The maximum Gasteiger partial charge on any atom is 0.253 e. The van der Waals surface area contributed by atoms with Crippen LogP contribution in [0.1, 0.15) is 30.6 Å². The van der Waals surface area contributed by atoms with Crippen LogP contribution in [-0.4, -0.2) is 31.7 Å². The van der Waals surface area contributed by atoms with E-state index in [4.69, 9.17) is 10.5 Å². The summed E-state index contributed by atoms with van der Waals surface area (Å²) in [4.78, 5) is 12.1. The van der Waals surface area contributed by atoms with Gasteiger partial charge in [0.25, 0.3) is 5.91 Å². The van der Waals surface area contributed by atoms with Crippen LogP contribution in [0, 0.1) is 5.92 Å². The molecule has 1 heterocycles. The van der Waals surface area contributed by atoms with Crippen LogP contribution in [0.4, 0.5) is 11.4 Å². The molecule has 20 heavy (non-hydrogen) atoms. The smallest absolute Gasteiger partial charge is 0.253 e. The Morgan fingerprint density at radius 3 is 3.00 bits per heavy atom. The summed E-state index contributed by atoms with van der Waals surface area (Å²) in [6.45, 7) is 6.21. The number of nitrogens with one attached hydrogen (secondary N) is 2. The summed E-state index contributed by atoms with van der Waals surface area (Å²) in [6, 6.07) is 5.57. The number of nitrogen functional groups attached to an aromatic ring is 1. The van der Waals surface area contributed by atoms with Gasteiger partial charge in [0.1, 0.15) is 0 Å². The van der Waals surface area contributed by atoms with E-state index in [9.17, 15) is 4.79 Å². The van der Waals surface area contributed by atoms with Gasteiger partial charge in [-0.2, -0.15) is 0 Å². The molecule has 110 valence electrons. The van der Waals surface area contributed by atoms with Gasteiger partial charge in [0.05, 0.1) is 12.2 Å². The van der Waals surface area contributed by atoms with Gasteiger partial charge in [-0.25, -0.2) is 0 Å². The van der Waals surface area contributed by atoms with Crippen molar-refractivity contribution in [2.75, 3.05) is 30.8 Å². The van der Waals surface area contributed by atoms with Crippen molar-refractivity contribution in [3.63, 3.8) is 0 Å². The molecule has 2 atom stereocenters. The molecule has 2 rings (SSSR count). The summed E-state index contributed by atoms with van der Waals surface area (Å²) in [5.74, 6) is 0.392. The van der Waals surface area contributed by atoms with E-state index in [-0.39, 0.29) is 11.9 Å². The number of hydrogen-bond donors (Lipinski definition) is 3. The fourth-order valence-corrected chi connectivity index (χ4v) is 2.45. The summed E-state index contributed by atoms with van der Waals surface area (Å²) >= 11 is 0. The Morgan fingerprint density at radius 2 is 2.35 bits per heavy atom. The predicted molar refractivity (Wildman–Crippen MR) is 80.9 cm³/mol. The zero-order valence-corrected chi connectivity index (χ0v) is 12.1. The first kappa shape index (κ1) is 14.7. The van der Waals surface area contributed by atoms with Crippen LogP contribution in [0.2, 0.25) is 0 Å². The monoisotopic (exact) mass is 277 g/mol. The SMILES string of the molecule is CCNC(=O)c1ccc(N)cc1NC(C)C1CCOC1. The lowest BCUT2D eigenvalue weighted by molar-refractivity contribution is 0.0956. The Kier molecular flexibility index (Phi) is 4.84. The number of ether oxygens (including phenoxy) is 1. The first-order chi connectivity index (χ1) is 9.61. The van der Waals surface area contributed by atoms with E-state index in [1.165, 1.54) is 0 Å². The number of carbonyl (C=O) groups excluding carboxylic acids is 1. The first-order valence-corrected chi connectivity index (χ1v) is 7.13. The van der Waals surface area contributed by atoms with Gasteiger partial charge in [-0.05, 0) is 38.5 Å². The molecule has 1 fully saturated rings. The molecule has 2 unspecified atom stereocenters. The Hall–Kier alpha value is -1.75. The minimum Gasteiger partial charge on any atom is -0.399 e. The molecule has 1 amide bonds. The van der Waals surface area contributed by atoms with Crippen LogP contribution in [-0.2, 0) is 4.74 Å². The van der Waals surface area contributed by atoms with E-state index >= 15 is 0 Å². The molecule has 1 aromatic carbocycles. The molecule has 0 aromatic heterocycles. The standard InChI is InChI=1S/C15H23N3O2/c1-3-17-15(19)13-5-4-12(16)8-14(13)18-10(2)11-6-7-20-9-11/h4-5,8,10-11,18H,3,6-7,9,16H2,1-2H3,(H,17,19). The Bertz CT molecular complexity index is 470. The second kappa shape index (κ2) is 6.61. The fourth-order valence-electron chi connectivity index (χ4n) is 2.45. The number of benzene rings is 1. The van der Waals surface area contributed by atoms with Gasteiger partial charge in [0.15, 0.2) is 0 Å². The molecule has 0 bridgehead atoms. The van der Waals surface area contributed by atoms with Crippen LogP contribution in [0.5, 0.6) is 0 Å². The molecule has 4 N–H and O–H groups in total. The van der Waals surface area contributed by atoms with Crippen LogP contribution >= 0.6 is 0 Å². The van der Waals surface area contributed by atoms with Crippen molar-refractivity contribution in [3.8, 4) is 0 Å². The van der Waals surface area contributed by atoms with Crippen LogP contribution in [0.15, 0.2) is 18.2 Å². The van der Waals surface area contributed by atoms with E-state index in [0.717, 1.165) is 25.3 Å². The number of hydrogen-bond acceptors (Lipinski definition) is 4. The largest absolute Gasteiger partial charge is 0.399 e. The van der Waals surface area contributed by atoms with Gasteiger partial charge in [0, 0.05) is 36.5 Å². The predicted octanol–water partition coefficient (Wildman–Crippen LogP) is 1.86. The van der Waals surface area contributed by atoms with Gasteiger partial charge in [-0.1, -0.05) is 0 Å². The summed E-state index contributed by atoms with van der Waals surface area (Å²) in [6.07, 6.45) is 1.05. The minimum atomic E-state index is -0.0788. The fraction of sp³-hybridized carbons (Fsp3) is 0.533. The molecular weight excluding hydrogens is 254 g/mol. The zero-order valence-electron chi connectivity index (χ0n) is 12.1. The van der Waals surface area contributed by atoms with Crippen molar-refractivity contribution in [2.24, 2.45) is 5.92 Å². The second-order valence-corrected chi connectivity index (χ2v) is 5.22. The molecule has 1 aliphatic rings.